The number of ether oxygens (including phenoxy) is 2. The minimum absolute atomic E-state index is 0.214. The fraction of sp³-hybridized carbons (Fsp3) is 0.750. The summed E-state index contributed by atoms with van der Waals surface area (Å²) in [5.74, 6) is -0.268. The molecular formula is C52H91NO8. The summed E-state index contributed by atoms with van der Waals surface area (Å²) >= 11 is 0. The molecule has 0 saturated carbocycles. The number of aliphatic hydroxyl groups excluding tert-OH is 5. The highest BCUT2D eigenvalue weighted by molar-refractivity contribution is 5.76. The van der Waals surface area contributed by atoms with Crippen molar-refractivity contribution >= 4 is 5.91 Å². The zero-order valence-corrected chi connectivity index (χ0v) is 38.6. The van der Waals surface area contributed by atoms with Crippen LogP contribution in [0.15, 0.2) is 72.9 Å². The minimum Gasteiger partial charge on any atom is -0.394 e. The van der Waals surface area contributed by atoms with E-state index in [2.05, 4.69) is 67.8 Å². The van der Waals surface area contributed by atoms with Gasteiger partial charge in [0.1, 0.15) is 24.4 Å². The Morgan fingerprint density at radius 2 is 1.03 bits per heavy atom. The van der Waals surface area contributed by atoms with E-state index in [4.69, 9.17) is 9.47 Å². The summed E-state index contributed by atoms with van der Waals surface area (Å²) in [5, 5.41) is 54.1. The zero-order valence-electron chi connectivity index (χ0n) is 38.6. The third-order valence-corrected chi connectivity index (χ3v) is 11.3. The van der Waals surface area contributed by atoms with Gasteiger partial charge in [-0.2, -0.15) is 0 Å². The number of nitrogens with one attached hydrogen (secondary N) is 1. The van der Waals surface area contributed by atoms with E-state index in [0.717, 1.165) is 44.9 Å². The number of carbonyl (C=O) groups excluding carboxylic acids is 1. The van der Waals surface area contributed by atoms with Crippen LogP contribution in [0.5, 0.6) is 0 Å². The number of amides is 1. The number of carbonyl (C=O) groups is 1. The van der Waals surface area contributed by atoms with Gasteiger partial charge in [0.25, 0.3) is 0 Å². The molecule has 9 nitrogen and oxygen atoms in total. The molecular weight excluding hydrogens is 767 g/mol. The predicted octanol–water partition coefficient (Wildman–Crippen LogP) is 10.9. The third-order valence-electron chi connectivity index (χ3n) is 11.3. The second-order valence-electron chi connectivity index (χ2n) is 16.9. The molecule has 1 heterocycles. The molecule has 0 bridgehead atoms. The first kappa shape index (κ1) is 56.6. The monoisotopic (exact) mass is 858 g/mol. The molecule has 6 N–H and O–H groups in total. The Bertz CT molecular complexity index is 1180. The second kappa shape index (κ2) is 41.6. The molecule has 7 atom stereocenters. The summed E-state index contributed by atoms with van der Waals surface area (Å²) in [5.41, 5.74) is 0. The van der Waals surface area contributed by atoms with Gasteiger partial charge in [-0.05, 0) is 57.8 Å². The Morgan fingerprint density at radius 3 is 1.56 bits per heavy atom. The molecule has 1 amide bonds. The fourth-order valence-corrected chi connectivity index (χ4v) is 7.36. The van der Waals surface area contributed by atoms with Gasteiger partial charge in [0.2, 0.25) is 5.91 Å². The lowest BCUT2D eigenvalue weighted by atomic mass is 9.99. The first-order valence-electron chi connectivity index (χ1n) is 24.7. The Kier molecular flexibility index (Phi) is 38.7. The summed E-state index contributed by atoms with van der Waals surface area (Å²) < 4.78 is 11.2. The van der Waals surface area contributed by atoms with Gasteiger partial charge in [-0.3, -0.25) is 4.79 Å². The maximum atomic E-state index is 12.9. The van der Waals surface area contributed by atoms with Crippen molar-refractivity contribution in [2.75, 3.05) is 13.2 Å². The SMILES string of the molecule is CC/C=C\C/C=C\C/C=C\C/C=C\CCC(=O)NC(COC1OC(CO)C(O)C(O)C1O)C(O)/C=C/CC/C=C/CCCCCCCCCCCCCCCCCCCCC. The van der Waals surface area contributed by atoms with Gasteiger partial charge in [-0.15, -0.1) is 0 Å². The van der Waals surface area contributed by atoms with Crippen molar-refractivity contribution in [3.05, 3.63) is 72.9 Å². The molecule has 0 spiro atoms. The summed E-state index contributed by atoms with van der Waals surface area (Å²) in [6.45, 7) is 3.59. The third kappa shape index (κ3) is 32.0. The number of aliphatic hydroxyl groups is 5. The van der Waals surface area contributed by atoms with E-state index >= 15 is 0 Å². The Hall–Kier alpha value is -2.37. The summed E-state index contributed by atoms with van der Waals surface area (Å²) in [7, 11) is 0. The minimum atomic E-state index is -1.59. The van der Waals surface area contributed by atoms with Crippen molar-refractivity contribution in [1.29, 1.82) is 0 Å². The topological polar surface area (TPSA) is 149 Å². The Labute approximate surface area is 372 Å². The van der Waals surface area contributed by atoms with Crippen molar-refractivity contribution < 1.29 is 39.8 Å². The molecule has 61 heavy (non-hydrogen) atoms. The van der Waals surface area contributed by atoms with Crippen molar-refractivity contribution in [2.45, 2.75) is 236 Å². The molecule has 0 radical (unpaired) electrons. The lowest BCUT2D eigenvalue weighted by Gasteiger charge is -2.40. The first-order valence-corrected chi connectivity index (χ1v) is 24.7. The molecule has 9 heteroatoms. The van der Waals surface area contributed by atoms with E-state index in [1.54, 1.807) is 6.08 Å². The average Bonchev–Trinajstić information content (AvgIpc) is 3.26. The van der Waals surface area contributed by atoms with Gasteiger partial charge in [0.05, 0.1) is 25.4 Å². The maximum absolute atomic E-state index is 12.9. The molecule has 352 valence electrons. The standard InChI is InChI=1S/C52H91NO8/c1-3-5-7-9-11-13-15-17-18-19-20-21-22-23-24-25-26-27-28-30-31-33-35-37-39-41-46(55)45(44-60-52-51(59)50(58)49(57)47(43-54)61-52)53-48(56)42-40-38-36-34-32-29-16-14-12-10-8-6-4-2/h6,8,12,14,29,31-33,36,38-39,41,45-47,49-52,54-55,57-59H,3-5,7,9-11,13,15-28,30,34-35,37,40,42-44H2,1-2H3,(H,53,56)/b8-6-,14-12-,32-29-,33-31+,38-36-,41-39+. The quantitative estimate of drug-likeness (QED) is 0.0264. The maximum Gasteiger partial charge on any atom is 0.220 e. The van der Waals surface area contributed by atoms with Crippen molar-refractivity contribution in [3.63, 3.8) is 0 Å². The normalized spacial score (nSPS) is 21.1. The van der Waals surface area contributed by atoms with Crippen LogP contribution in [-0.4, -0.2) is 87.5 Å². The van der Waals surface area contributed by atoms with Crippen LogP contribution in [0, 0.1) is 0 Å². The lowest BCUT2D eigenvalue weighted by molar-refractivity contribution is -0.302. The number of rotatable bonds is 40. The van der Waals surface area contributed by atoms with Crippen LogP contribution in [0.2, 0.25) is 0 Å². The predicted molar refractivity (Wildman–Crippen MR) is 253 cm³/mol. The molecule has 1 rings (SSSR count). The molecule has 0 aliphatic carbocycles. The molecule has 0 aromatic rings. The van der Waals surface area contributed by atoms with E-state index in [0.29, 0.717) is 6.42 Å². The zero-order chi connectivity index (χ0) is 44.4. The van der Waals surface area contributed by atoms with Crippen LogP contribution in [0.25, 0.3) is 0 Å². The second-order valence-corrected chi connectivity index (χ2v) is 16.9. The molecule has 1 saturated heterocycles. The van der Waals surface area contributed by atoms with Gasteiger partial charge in [0.15, 0.2) is 6.29 Å². The highest BCUT2D eigenvalue weighted by Gasteiger charge is 2.44. The van der Waals surface area contributed by atoms with Crippen molar-refractivity contribution in [1.82, 2.24) is 5.32 Å². The van der Waals surface area contributed by atoms with Crippen molar-refractivity contribution in [3.8, 4) is 0 Å². The molecule has 0 aromatic heterocycles. The van der Waals surface area contributed by atoms with Crippen LogP contribution < -0.4 is 5.32 Å². The number of allylic oxidation sites excluding steroid dienone is 11. The van der Waals surface area contributed by atoms with Crippen LogP contribution >= 0.6 is 0 Å². The molecule has 1 aliphatic rings. The molecule has 0 aromatic carbocycles. The van der Waals surface area contributed by atoms with Crippen LogP contribution in [0.4, 0.5) is 0 Å². The average molecular weight is 858 g/mol. The van der Waals surface area contributed by atoms with Gasteiger partial charge in [-0.25, -0.2) is 0 Å². The number of hydrogen-bond acceptors (Lipinski definition) is 8. The van der Waals surface area contributed by atoms with Crippen LogP contribution in [0.1, 0.15) is 194 Å². The Morgan fingerprint density at radius 1 is 0.574 bits per heavy atom. The number of unbranched alkanes of at least 4 members (excludes halogenated alkanes) is 20. The smallest absolute Gasteiger partial charge is 0.220 e. The van der Waals surface area contributed by atoms with Gasteiger partial charge in [0, 0.05) is 6.42 Å². The van der Waals surface area contributed by atoms with Gasteiger partial charge >= 0.3 is 0 Å². The largest absolute Gasteiger partial charge is 0.394 e. The summed E-state index contributed by atoms with van der Waals surface area (Å²) in [6.07, 6.45) is 49.8. The van der Waals surface area contributed by atoms with Crippen LogP contribution in [0.3, 0.4) is 0 Å². The van der Waals surface area contributed by atoms with Gasteiger partial charge in [-0.1, -0.05) is 202 Å². The molecule has 1 aliphatic heterocycles. The van der Waals surface area contributed by atoms with E-state index in [1.807, 2.05) is 18.2 Å². The Balaban J connectivity index is 2.33. The van der Waals surface area contributed by atoms with Gasteiger partial charge < -0.3 is 40.3 Å². The highest BCUT2D eigenvalue weighted by atomic mass is 16.7. The lowest BCUT2D eigenvalue weighted by Crippen LogP contribution is -2.60. The van der Waals surface area contributed by atoms with E-state index in [1.165, 1.54) is 122 Å². The number of hydrogen-bond donors (Lipinski definition) is 6. The summed E-state index contributed by atoms with van der Waals surface area (Å²) in [4.78, 5) is 12.9. The van der Waals surface area contributed by atoms with E-state index in [9.17, 15) is 30.3 Å². The molecule has 1 fully saturated rings. The fourth-order valence-electron chi connectivity index (χ4n) is 7.36. The van der Waals surface area contributed by atoms with E-state index < -0.39 is 49.5 Å². The summed E-state index contributed by atoms with van der Waals surface area (Å²) in [6, 6.07) is -0.863. The van der Waals surface area contributed by atoms with E-state index in [-0.39, 0.29) is 18.9 Å². The molecule has 7 unspecified atom stereocenters. The van der Waals surface area contributed by atoms with Crippen molar-refractivity contribution in [2.24, 2.45) is 0 Å². The first-order chi connectivity index (χ1) is 29.8. The highest BCUT2D eigenvalue weighted by Crippen LogP contribution is 2.22. The van der Waals surface area contributed by atoms with Crippen LogP contribution in [-0.2, 0) is 14.3 Å².